The minimum atomic E-state index is -1.19. The van der Waals surface area contributed by atoms with Crippen LogP contribution < -0.4 is 0 Å². The van der Waals surface area contributed by atoms with Gasteiger partial charge in [-0.1, -0.05) is 39.3 Å². The Bertz CT molecular complexity index is 1080. The van der Waals surface area contributed by atoms with Gasteiger partial charge in [0.1, 0.15) is 0 Å². The third-order valence-electron chi connectivity index (χ3n) is 13.9. The summed E-state index contributed by atoms with van der Waals surface area (Å²) in [5.74, 6) is -0.910. The summed E-state index contributed by atoms with van der Waals surface area (Å²) in [6.07, 6.45) is 5.87. The first kappa shape index (κ1) is 29.1. The van der Waals surface area contributed by atoms with Crippen LogP contribution in [0, 0.1) is 50.7 Å². The van der Waals surface area contributed by atoms with Crippen LogP contribution >= 0.6 is 0 Å². The number of fused-ring (bicyclic) bond motifs is 7. The van der Waals surface area contributed by atoms with Crippen molar-refractivity contribution in [2.45, 2.75) is 111 Å². The molecule has 5 aliphatic rings. The molecule has 0 aromatic rings. The number of carbonyl (C=O) groups excluding carboxylic acids is 2. The molecule has 39 heavy (non-hydrogen) atoms. The van der Waals surface area contributed by atoms with Gasteiger partial charge in [-0.25, -0.2) is 0 Å². The molecule has 0 aliphatic heterocycles. The van der Waals surface area contributed by atoms with Gasteiger partial charge in [-0.05, 0) is 99.2 Å². The van der Waals surface area contributed by atoms with Crippen molar-refractivity contribution in [2.24, 2.45) is 50.7 Å². The molecular formula is C32H50O7. The van der Waals surface area contributed by atoms with E-state index < -0.39 is 40.0 Å². The molecule has 5 rings (SSSR count). The molecule has 7 heteroatoms. The molecule has 4 saturated carbocycles. The van der Waals surface area contributed by atoms with Crippen LogP contribution in [0.25, 0.3) is 0 Å². The molecule has 0 spiro atoms. The largest absolute Gasteiger partial charge is 0.469 e. The number of esters is 2. The molecule has 12 atom stereocenters. The van der Waals surface area contributed by atoms with E-state index in [0.717, 1.165) is 38.5 Å². The topological polar surface area (TPSA) is 113 Å². The van der Waals surface area contributed by atoms with Crippen molar-refractivity contribution < 1.29 is 34.4 Å². The normalized spacial score (nSPS) is 54.7. The predicted octanol–water partition coefficient (Wildman–Crippen LogP) is 4.42. The lowest BCUT2D eigenvalue weighted by atomic mass is 9.33. The van der Waals surface area contributed by atoms with E-state index in [0.29, 0.717) is 12.8 Å². The maximum Gasteiger partial charge on any atom is 0.314 e. The van der Waals surface area contributed by atoms with E-state index in [9.17, 15) is 24.9 Å². The van der Waals surface area contributed by atoms with Crippen LogP contribution in [0.2, 0.25) is 0 Å². The van der Waals surface area contributed by atoms with E-state index in [4.69, 9.17) is 9.47 Å². The van der Waals surface area contributed by atoms with Gasteiger partial charge >= 0.3 is 11.9 Å². The van der Waals surface area contributed by atoms with Crippen LogP contribution in [0.15, 0.2) is 11.6 Å². The number of rotatable bonds is 2. The molecule has 0 amide bonds. The molecule has 3 N–H and O–H groups in total. The Morgan fingerprint density at radius 2 is 1.54 bits per heavy atom. The Hall–Kier alpha value is -1.44. The highest BCUT2D eigenvalue weighted by Crippen LogP contribution is 2.76. The lowest BCUT2D eigenvalue weighted by Gasteiger charge is -2.71. The first-order valence-electron chi connectivity index (χ1n) is 15.0. The van der Waals surface area contributed by atoms with E-state index in [-0.39, 0.29) is 40.5 Å². The third-order valence-corrected chi connectivity index (χ3v) is 13.9. The van der Waals surface area contributed by atoms with Crippen LogP contribution in [0.5, 0.6) is 0 Å². The van der Waals surface area contributed by atoms with Gasteiger partial charge in [0, 0.05) is 5.92 Å². The second-order valence-electron chi connectivity index (χ2n) is 15.0. The Balaban J connectivity index is 1.65. The summed E-state index contributed by atoms with van der Waals surface area (Å²) in [7, 11) is 2.82. The summed E-state index contributed by atoms with van der Waals surface area (Å²) in [6.45, 7) is 12.7. The minimum Gasteiger partial charge on any atom is -0.469 e. The Morgan fingerprint density at radius 3 is 2.15 bits per heavy atom. The van der Waals surface area contributed by atoms with Gasteiger partial charge in [0.05, 0.1) is 42.9 Å². The van der Waals surface area contributed by atoms with E-state index in [1.54, 1.807) is 6.92 Å². The summed E-state index contributed by atoms with van der Waals surface area (Å²) < 4.78 is 10.6. The predicted molar refractivity (Wildman–Crippen MR) is 146 cm³/mol. The average molecular weight is 547 g/mol. The lowest BCUT2D eigenvalue weighted by molar-refractivity contribution is -0.244. The van der Waals surface area contributed by atoms with Crippen LogP contribution in [0.3, 0.4) is 0 Å². The molecule has 0 aromatic heterocycles. The summed E-state index contributed by atoms with van der Waals surface area (Å²) >= 11 is 0. The molecule has 0 unspecified atom stereocenters. The van der Waals surface area contributed by atoms with Crippen molar-refractivity contribution in [3.05, 3.63) is 11.6 Å². The highest BCUT2D eigenvalue weighted by Gasteiger charge is 2.73. The highest BCUT2D eigenvalue weighted by molar-refractivity contribution is 5.79. The molecule has 0 bridgehead atoms. The van der Waals surface area contributed by atoms with Crippen molar-refractivity contribution >= 4 is 11.9 Å². The number of aliphatic hydroxyl groups excluding tert-OH is 2. The van der Waals surface area contributed by atoms with Crippen LogP contribution in [0.4, 0.5) is 0 Å². The van der Waals surface area contributed by atoms with Gasteiger partial charge < -0.3 is 24.8 Å². The van der Waals surface area contributed by atoms with E-state index in [1.807, 2.05) is 6.92 Å². The summed E-state index contributed by atoms with van der Waals surface area (Å²) in [4.78, 5) is 26.7. The number of carbonyl (C=O) groups is 2. The van der Waals surface area contributed by atoms with Crippen molar-refractivity contribution in [1.29, 1.82) is 0 Å². The average Bonchev–Trinajstić information content (AvgIpc) is 2.88. The summed E-state index contributed by atoms with van der Waals surface area (Å²) in [6, 6.07) is 0. The molecule has 220 valence electrons. The van der Waals surface area contributed by atoms with Crippen LogP contribution in [-0.2, 0) is 19.1 Å². The van der Waals surface area contributed by atoms with E-state index in [2.05, 4.69) is 33.8 Å². The number of ether oxygens (including phenoxy) is 2. The molecule has 5 aliphatic carbocycles. The van der Waals surface area contributed by atoms with Gasteiger partial charge in [-0.2, -0.15) is 0 Å². The fourth-order valence-electron chi connectivity index (χ4n) is 11.3. The van der Waals surface area contributed by atoms with E-state index in [1.165, 1.54) is 19.8 Å². The molecule has 0 saturated heterocycles. The zero-order valence-corrected chi connectivity index (χ0v) is 25.2. The molecule has 7 nitrogen and oxygen atoms in total. The standard InChI is InChI=1S/C32H50O7/c1-18-11-14-32(26(36)39-8)16-15-28(3)19(23(32)31(18,6)37)9-10-21-27(2)17-20(33)24(34)30(5,25(35)38-7)22(27)12-13-29(21,28)4/h9,18,20-24,33-34,37H,10-17H2,1-8H3/t18-,20-,21-,22-,23-,24+,27-,28-,29-,30-,31-,32+/m1/s1. The van der Waals surface area contributed by atoms with Crippen molar-refractivity contribution in [3.8, 4) is 0 Å². The summed E-state index contributed by atoms with van der Waals surface area (Å²) in [5, 5.41) is 34.4. The van der Waals surface area contributed by atoms with Crippen molar-refractivity contribution in [1.82, 2.24) is 0 Å². The molecule has 0 radical (unpaired) electrons. The zero-order valence-electron chi connectivity index (χ0n) is 25.2. The number of aliphatic hydroxyl groups is 3. The second kappa shape index (κ2) is 8.78. The van der Waals surface area contributed by atoms with Crippen LogP contribution in [-0.4, -0.2) is 59.3 Å². The number of methoxy groups -OCH3 is 2. The van der Waals surface area contributed by atoms with Gasteiger partial charge in [-0.15, -0.1) is 0 Å². The summed E-state index contributed by atoms with van der Waals surface area (Å²) in [5.41, 5.74) is -2.62. The second-order valence-corrected chi connectivity index (χ2v) is 15.0. The third kappa shape index (κ3) is 3.33. The number of allylic oxidation sites excluding steroid dienone is 1. The van der Waals surface area contributed by atoms with E-state index >= 15 is 0 Å². The van der Waals surface area contributed by atoms with Gasteiger partial charge in [0.2, 0.25) is 0 Å². The first-order chi connectivity index (χ1) is 18.0. The first-order valence-corrected chi connectivity index (χ1v) is 15.0. The Labute approximate surface area is 233 Å². The zero-order chi connectivity index (χ0) is 29.0. The van der Waals surface area contributed by atoms with Crippen LogP contribution in [0.1, 0.15) is 92.9 Å². The lowest BCUT2D eigenvalue weighted by Crippen LogP contribution is -2.70. The molecule has 0 aromatic carbocycles. The number of hydrogen-bond donors (Lipinski definition) is 3. The molecular weight excluding hydrogens is 496 g/mol. The molecule has 0 heterocycles. The Kier molecular flexibility index (Phi) is 6.54. The van der Waals surface area contributed by atoms with Crippen molar-refractivity contribution in [3.63, 3.8) is 0 Å². The maximum atomic E-state index is 13.5. The molecule has 4 fully saturated rings. The highest BCUT2D eigenvalue weighted by atomic mass is 16.5. The SMILES string of the molecule is COC(=O)[C@]12CC[C@@H](C)[C@@](C)(O)[C@H]1C1=CC[C@@H]3[C@@]4(C)C[C@@H](O)[C@H](O)[C@](C)(C(=O)OC)[C@@H]4CC[C@@]3(C)[C@]1(C)CC2. The monoisotopic (exact) mass is 546 g/mol. The Morgan fingerprint density at radius 1 is 0.897 bits per heavy atom. The van der Waals surface area contributed by atoms with Gasteiger partial charge in [0.15, 0.2) is 0 Å². The smallest absolute Gasteiger partial charge is 0.314 e. The maximum absolute atomic E-state index is 13.5. The van der Waals surface area contributed by atoms with Gasteiger partial charge in [-0.3, -0.25) is 9.59 Å². The fourth-order valence-corrected chi connectivity index (χ4v) is 11.3. The number of hydrogen-bond acceptors (Lipinski definition) is 7. The van der Waals surface area contributed by atoms with Crippen molar-refractivity contribution in [2.75, 3.05) is 14.2 Å². The fraction of sp³-hybridized carbons (Fsp3) is 0.875. The minimum absolute atomic E-state index is 0.0538. The van der Waals surface area contributed by atoms with Gasteiger partial charge in [0.25, 0.3) is 0 Å². The quantitative estimate of drug-likeness (QED) is 0.347.